The fourth-order valence-electron chi connectivity index (χ4n) is 3.71. The van der Waals surface area contributed by atoms with Crippen molar-refractivity contribution < 1.29 is 13.6 Å². The maximum absolute atomic E-state index is 13.5. The standard InChI is InChI=1S/C20H21F2N5O/c1-12-4-6-14(7-5-12)27-11-16(18(26-27)19(21)22)25-20(28)15-10-23-9-13-3-2-8-24-17(13)15/h2-3,8-12,14,19H,4-7H2,1H3,(H,25,28). The van der Waals surface area contributed by atoms with E-state index < -0.39 is 18.0 Å². The van der Waals surface area contributed by atoms with E-state index in [1.54, 1.807) is 29.2 Å². The summed E-state index contributed by atoms with van der Waals surface area (Å²) in [5, 5.41) is 7.38. The molecule has 3 aromatic heterocycles. The van der Waals surface area contributed by atoms with E-state index >= 15 is 0 Å². The zero-order chi connectivity index (χ0) is 19.7. The molecule has 4 rings (SSSR count). The van der Waals surface area contributed by atoms with Gasteiger partial charge < -0.3 is 5.32 Å². The number of carbonyl (C=O) groups excluding carboxylic acids is 1. The van der Waals surface area contributed by atoms with Gasteiger partial charge in [-0.15, -0.1) is 0 Å². The summed E-state index contributed by atoms with van der Waals surface area (Å²) in [6.45, 7) is 2.20. The molecule has 0 aromatic carbocycles. The summed E-state index contributed by atoms with van der Waals surface area (Å²) in [4.78, 5) is 21.0. The van der Waals surface area contributed by atoms with Crippen LogP contribution in [-0.4, -0.2) is 25.7 Å². The number of nitrogens with one attached hydrogen (secondary N) is 1. The maximum Gasteiger partial charge on any atom is 0.284 e. The number of pyridine rings is 2. The minimum Gasteiger partial charge on any atom is -0.319 e. The van der Waals surface area contributed by atoms with Gasteiger partial charge in [-0.25, -0.2) is 8.78 Å². The molecule has 0 radical (unpaired) electrons. The Balaban J connectivity index is 1.62. The van der Waals surface area contributed by atoms with Crippen LogP contribution in [0.2, 0.25) is 0 Å². The number of fused-ring (bicyclic) bond motifs is 1. The van der Waals surface area contributed by atoms with Crippen LogP contribution in [-0.2, 0) is 0 Å². The summed E-state index contributed by atoms with van der Waals surface area (Å²) in [6, 6.07) is 3.62. The third-order valence-corrected chi connectivity index (χ3v) is 5.33. The minimum atomic E-state index is -2.78. The molecule has 146 valence electrons. The van der Waals surface area contributed by atoms with Crippen molar-refractivity contribution >= 4 is 22.5 Å². The lowest BCUT2D eigenvalue weighted by Crippen LogP contribution is -2.17. The third-order valence-electron chi connectivity index (χ3n) is 5.33. The molecule has 0 bridgehead atoms. The zero-order valence-corrected chi connectivity index (χ0v) is 15.5. The van der Waals surface area contributed by atoms with Gasteiger partial charge in [-0.3, -0.25) is 19.4 Å². The van der Waals surface area contributed by atoms with Gasteiger partial charge >= 0.3 is 0 Å². The quantitative estimate of drug-likeness (QED) is 0.702. The zero-order valence-electron chi connectivity index (χ0n) is 15.5. The van der Waals surface area contributed by atoms with Gasteiger partial charge in [0.2, 0.25) is 0 Å². The van der Waals surface area contributed by atoms with Crippen LogP contribution < -0.4 is 5.32 Å². The van der Waals surface area contributed by atoms with Gasteiger partial charge in [0.1, 0.15) is 0 Å². The van der Waals surface area contributed by atoms with Crippen LogP contribution in [0.3, 0.4) is 0 Å². The fourth-order valence-corrected chi connectivity index (χ4v) is 3.71. The molecule has 28 heavy (non-hydrogen) atoms. The van der Waals surface area contributed by atoms with E-state index in [9.17, 15) is 13.6 Å². The molecule has 0 aliphatic heterocycles. The van der Waals surface area contributed by atoms with E-state index in [2.05, 4.69) is 27.3 Å². The molecule has 1 aliphatic carbocycles. The number of amides is 1. The van der Waals surface area contributed by atoms with Crippen LogP contribution in [0.5, 0.6) is 0 Å². The van der Waals surface area contributed by atoms with Gasteiger partial charge in [0.25, 0.3) is 12.3 Å². The predicted molar refractivity (Wildman–Crippen MR) is 101 cm³/mol. The number of alkyl halides is 2. The largest absolute Gasteiger partial charge is 0.319 e. The van der Waals surface area contributed by atoms with Gasteiger partial charge in [-0.2, -0.15) is 5.10 Å². The van der Waals surface area contributed by atoms with Gasteiger partial charge in [0, 0.05) is 30.2 Å². The smallest absolute Gasteiger partial charge is 0.284 e. The fraction of sp³-hybridized carbons (Fsp3) is 0.400. The highest BCUT2D eigenvalue weighted by molar-refractivity contribution is 6.11. The number of aromatic nitrogens is 4. The average Bonchev–Trinajstić information content (AvgIpc) is 3.12. The number of anilines is 1. The predicted octanol–water partition coefficient (Wildman–Crippen LogP) is 4.77. The molecule has 0 unspecified atom stereocenters. The minimum absolute atomic E-state index is 0.0338. The molecule has 0 saturated heterocycles. The first-order chi connectivity index (χ1) is 13.5. The Morgan fingerprint density at radius 2 is 2.04 bits per heavy atom. The molecule has 8 heteroatoms. The highest BCUT2D eigenvalue weighted by Gasteiger charge is 2.26. The average molecular weight is 385 g/mol. The lowest BCUT2D eigenvalue weighted by atomic mass is 9.87. The summed E-state index contributed by atoms with van der Waals surface area (Å²) in [5.74, 6) is 0.113. The Morgan fingerprint density at radius 1 is 1.25 bits per heavy atom. The number of hydrogen-bond acceptors (Lipinski definition) is 4. The first-order valence-corrected chi connectivity index (χ1v) is 9.40. The van der Waals surface area contributed by atoms with E-state index in [4.69, 9.17) is 0 Å². The van der Waals surface area contributed by atoms with Crippen molar-refractivity contribution in [2.45, 2.75) is 45.1 Å². The summed E-state index contributed by atoms with van der Waals surface area (Å²) in [7, 11) is 0. The van der Waals surface area contributed by atoms with E-state index in [1.165, 1.54) is 12.4 Å². The monoisotopic (exact) mass is 385 g/mol. The first kappa shape index (κ1) is 18.5. The second-order valence-electron chi connectivity index (χ2n) is 7.34. The van der Waals surface area contributed by atoms with Crippen molar-refractivity contribution in [1.29, 1.82) is 0 Å². The van der Waals surface area contributed by atoms with Gasteiger partial charge in [0.15, 0.2) is 5.69 Å². The van der Waals surface area contributed by atoms with Crippen LogP contribution in [0.15, 0.2) is 36.9 Å². The molecule has 1 fully saturated rings. The molecular formula is C20H21F2N5O. The molecular weight excluding hydrogens is 364 g/mol. The molecule has 0 spiro atoms. The topological polar surface area (TPSA) is 72.7 Å². The summed E-state index contributed by atoms with van der Waals surface area (Å²) < 4.78 is 28.6. The Morgan fingerprint density at radius 3 is 2.79 bits per heavy atom. The number of rotatable bonds is 4. The third kappa shape index (κ3) is 3.58. The van der Waals surface area contributed by atoms with Crippen molar-refractivity contribution in [3.63, 3.8) is 0 Å². The van der Waals surface area contributed by atoms with E-state index in [0.717, 1.165) is 25.7 Å². The Hall–Kier alpha value is -2.90. The highest BCUT2D eigenvalue weighted by atomic mass is 19.3. The van der Waals surface area contributed by atoms with Gasteiger partial charge in [-0.1, -0.05) is 6.92 Å². The summed E-state index contributed by atoms with van der Waals surface area (Å²) in [6.07, 6.45) is 7.20. The second kappa shape index (κ2) is 7.61. The van der Waals surface area contributed by atoms with Crippen molar-refractivity contribution in [3.05, 3.63) is 48.2 Å². The van der Waals surface area contributed by atoms with Crippen molar-refractivity contribution in [1.82, 2.24) is 19.7 Å². The van der Waals surface area contributed by atoms with E-state index in [-0.39, 0.29) is 17.3 Å². The van der Waals surface area contributed by atoms with Crippen LogP contribution >= 0.6 is 0 Å². The van der Waals surface area contributed by atoms with Crippen LogP contribution in [0, 0.1) is 5.92 Å². The van der Waals surface area contributed by atoms with Crippen molar-refractivity contribution in [3.8, 4) is 0 Å². The molecule has 1 saturated carbocycles. The Kier molecular flexibility index (Phi) is 5.02. The molecule has 1 amide bonds. The molecule has 1 aliphatic rings. The SMILES string of the molecule is CC1CCC(n2cc(NC(=O)c3cncc4cccnc34)c(C(F)F)n2)CC1. The lowest BCUT2D eigenvalue weighted by Gasteiger charge is -2.26. The summed E-state index contributed by atoms with van der Waals surface area (Å²) >= 11 is 0. The molecule has 1 N–H and O–H groups in total. The maximum atomic E-state index is 13.5. The number of carbonyl (C=O) groups is 1. The van der Waals surface area contributed by atoms with Gasteiger partial charge in [-0.05, 0) is 43.7 Å². The molecule has 3 heterocycles. The highest BCUT2D eigenvalue weighted by Crippen LogP contribution is 2.34. The van der Waals surface area contributed by atoms with Crippen molar-refractivity contribution in [2.75, 3.05) is 5.32 Å². The molecule has 0 atom stereocenters. The Labute approximate surface area is 161 Å². The first-order valence-electron chi connectivity index (χ1n) is 9.40. The lowest BCUT2D eigenvalue weighted by molar-refractivity contribution is 0.102. The second-order valence-corrected chi connectivity index (χ2v) is 7.34. The van der Waals surface area contributed by atoms with Gasteiger partial charge in [0.05, 0.1) is 22.8 Å². The molecule has 3 aromatic rings. The number of halogens is 2. The summed E-state index contributed by atoms with van der Waals surface area (Å²) in [5.41, 5.74) is 0.333. The van der Waals surface area contributed by atoms with E-state index in [1.807, 2.05) is 0 Å². The number of hydrogen-bond donors (Lipinski definition) is 1. The number of nitrogens with zero attached hydrogens (tertiary/aromatic N) is 4. The van der Waals surface area contributed by atoms with Crippen molar-refractivity contribution in [2.24, 2.45) is 5.92 Å². The Bertz CT molecular complexity index is 990. The molecule has 6 nitrogen and oxygen atoms in total. The van der Waals surface area contributed by atoms with Crippen LogP contribution in [0.1, 0.15) is 61.1 Å². The van der Waals surface area contributed by atoms with E-state index in [0.29, 0.717) is 16.8 Å². The van der Waals surface area contributed by atoms with Crippen LogP contribution in [0.25, 0.3) is 10.9 Å². The van der Waals surface area contributed by atoms with Crippen LogP contribution in [0.4, 0.5) is 14.5 Å². The normalized spacial score (nSPS) is 19.9.